The smallest absolute Gasteiger partial charge is 0.326 e. The molecule has 0 heterocycles. The maximum atomic E-state index is 12.7. The largest absolute Gasteiger partial charge is 0.480 e. The van der Waals surface area contributed by atoms with E-state index in [4.69, 9.17) is 16.3 Å². The van der Waals surface area contributed by atoms with E-state index >= 15 is 0 Å². The van der Waals surface area contributed by atoms with Gasteiger partial charge in [0.05, 0.1) is 5.56 Å². The maximum Gasteiger partial charge on any atom is 0.326 e. The third-order valence-corrected chi connectivity index (χ3v) is 4.28. The van der Waals surface area contributed by atoms with Crippen molar-refractivity contribution >= 4 is 23.5 Å². The first-order valence-corrected chi connectivity index (χ1v) is 9.01. The molecule has 1 amide bonds. The summed E-state index contributed by atoms with van der Waals surface area (Å²) in [5.74, 6) is -0.843. The minimum Gasteiger partial charge on any atom is -0.480 e. The second kappa shape index (κ2) is 9.06. The second-order valence-electron chi connectivity index (χ2n) is 6.11. The summed E-state index contributed by atoms with van der Waals surface area (Å²) in [7, 11) is 0. The molecule has 0 unspecified atom stereocenters. The van der Waals surface area contributed by atoms with Gasteiger partial charge in [0.2, 0.25) is 0 Å². The van der Waals surface area contributed by atoms with Crippen molar-refractivity contribution in [3.8, 4) is 11.5 Å². The normalized spacial score (nSPS) is 11.5. The third-order valence-electron chi connectivity index (χ3n) is 4.04. The lowest BCUT2D eigenvalue weighted by molar-refractivity contribution is -0.139. The number of halogens is 1. The molecule has 0 saturated carbocycles. The summed E-state index contributed by atoms with van der Waals surface area (Å²) in [5.41, 5.74) is 1.06. The highest BCUT2D eigenvalue weighted by molar-refractivity contribution is 6.30. The molecule has 3 aromatic carbocycles. The van der Waals surface area contributed by atoms with E-state index in [2.05, 4.69) is 5.32 Å². The van der Waals surface area contributed by atoms with Crippen LogP contribution in [0.25, 0.3) is 0 Å². The molecule has 28 heavy (non-hydrogen) atoms. The van der Waals surface area contributed by atoms with Crippen LogP contribution in [0.4, 0.5) is 0 Å². The Bertz CT molecular complexity index is 975. The van der Waals surface area contributed by atoms with Crippen molar-refractivity contribution in [1.82, 2.24) is 5.32 Å². The number of carboxylic acid groups (broad SMARTS) is 1. The number of hydrogen-bond acceptors (Lipinski definition) is 3. The van der Waals surface area contributed by atoms with Crippen LogP contribution in [-0.2, 0) is 11.2 Å². The number of carbonyl (C=O) groups excluding carboxylic acids is 1. The Morgan fingerprint density at radius 1 is 0.964 bits per heavy atom. The van der Waals surface area contributed by atoms with Crippen LogP contribution in [0.15, 0.2) is 78.9 Å². The van der Waals surface area contributed by atoms with Gasteiger partial charge in [-0.3, -0.25) is 4.79 Å². The average Bonchev–Trinajstić information content (AvgIpc) is 2.68. The number of hydrogen-bond donors (Lipinski definition) is 2. The molecule has 0 bridgehead atoms. The highest BCUT2D eigenvalue weighted by Crippen LogP contribution is 2.27. The fourth-order valence-electron chi connectivity index (χ4n) is 2.69. The van der Waals surface area contributed by atoms with Gasteiger partial charge in [0.25, 0.3) is 5.91 Å². The second-order valence-corrected chi connectivity index (χ2v) is 6.55. The van der Waals surface area contributed by atoms with Crippen LogP contribution in [-0.4, -0.2) is 23.0 Å². The van der Waals surface area contributed by atoms with Crippen LogP contribution in [0.2, 0.25) is 5.02 Å². The summed E-state index contributed by atoms with van der Waals surface area (Å²) < 4.78 is 5.78. The molecule has 0 aliphatic rings. The van der Waals surface area contributed by atoms with Gasteiger partial charge in [0.1, 0.15) is 17.5 Å². The molecule has 142 valence electrons. The molecule has 1 atom stereocenters. The van der Waals surface area contributed by atoms with E-state index in [1.54, 1.807) is 48.5 Å². The lowest BCUT2D eigenvalue weighted by Crippen LogP contribution is -2.42. The van der Waals surface area contributed by atoms with E-state index < -0.39 is 17.9 Å². The zero-order valence-corrected chi connectivity index (χ0v) is 15.6. The monoisotopic (exact) mass is 395 g/mol. The molecule has 6 heteroatoms. The highest BCUT2D eigenvalue weighted by atomic mass is 35.5. The van der Waals surface area contributed by atoms with Gasteiger partial charge in [-0.2, -0.15) is 0 Å². The summed E-state index contributed by atoms with van der Waals surface area (Å²) in [6, 6.07) is 21.5. The summed E-state index contributed by atoms with van der Waals surface area (Å²) in [5, 5.41) is 12.6. The fraction of sp³-hybridized carbons (Fsp3) is 0.0909. The van der Waals surface area contributed by atoms with Crippen LogP contribution >= 0.6 is 11.6 Å². The van der Waals surface area contributed by atoms with E-state index in [1.807, 2.05) is 30.3 Å². The van der Waals surface area contributed by atoms with E-state index in [9.17, 15) is 14.7 Å². The Hall–Kier alpha value is -3.31. The van der Waals surface area contributed by atoms with Gasteiger partial charge in [-0.25, -0.2) is 4.79 Å². The molecule has 0 spiro atoms. The lowest BCUT2D eigenvalue weighted by atomic mass is 10.1. The quantitative estimate of drug-likeness (QED) is 0.615. The Morgan fingerprint density at radius 3 is 2.39 bits per heavy atom. The van der Waals surface area contributed by atoms with Crippen LogP contribution in [0.5, 0.6) is 11.5 Å². The first-order valence-electron chi connectivity index (χ1n) is 8.63. The Morgan fingerprint density at radius 2 is 1.68 bits per heavy atom. The SMILES string of the molecule is O=C(N[C@@H](Cc1ccccc1)C(=O)O)c1ccccc1Oc1cccc(Cl)c1. The van der Waals surface area contributed by atoms with Gasteiger partial charge < -0.3 is 15.2 Å². The average molecular weight is 396 g/mol. The van der Waals surface area contributed by atoms with E-state index in [0.29, 0.717) is 16.5 Å². The minimum atomic E-state index is -1.11. The van der Waals surface area contributed by atoms with E-state index in [-0.39, 0.29) is 12.0 Å². The standard InChI is InChI=1S/C22H18ClNO4/c23-16-9-6-10-17(14-16)28-20-12-5-4-11-18(20)21(25)24-19(22(26)27)13-15-7-2-1-3-8-15/h1-12,14,19H,13H2,(H,24,25)(H,26,27)/t19-/m0/s1. The first-order chi connectivity index (χ1) is 13.5. The molecule has 0 saturated heterocycles. The molecule has 0 aromatic heterocycles. The number of nitrogens with one attached hydrogen (secondary N) is 1. The summed E-state index contributed by atoms with van der Waals surface area (Å²) >= 11 is 5.97. The highest BCUT2D eigenvalue weighted by Gasteiger charge is 2.23. The lowest BCUT2D eigenvalue weighted by Gasteiger charge is -2.16. The zero-order chi connectivity index (χ0) is 19.9. The van der Waals surface area contributed by atoms with Gasteiger partial charge in [0, 0.05) is 11.4 Å². The number of para-hydroxylation sites is 1. The topological polar surface area (TPSA) is 75.6 Å². The van der Waals surface area contributed by atoms with Gasteiger partial charge in [-0.15, -0.1) is 0 Å². The molecule has 0 aliphatic carbocycles. The van der Waals surface area contributed by atoms with Crippen molar-refractivity contribution in [3.05, 3.63) is 95.0 Å². The van der Waals surface area contributed by atoms with Gasteiger partial charge in [-0.05, 0) is 35.9 Å². The summed E-state index contributed by atoms with van der Waals surface area (Å²) in [6.07, 6.45) is 0.180. The van der Waals surface area contributed by atoms with Crippen LogP contribution < -0.4 is 10.1 Å². The van der Waals surface area contributed by atoms with E-state index in [0.717, 1.165) is 5.56 Å². The number of amides is 1. The molecular weight excluding hydrogens is 378 g/mol. The van der Waals surface area contributed by atoms with Crippen molar-refractivity contribution in [2.75, 3.05) is 0 Å². The Kier molecular flexibility index (Phi) is 6.29. The molecular formula is C22H18ClNO4. The molecule has 3 rings (SSSR count). The number of rotatable bonds is 7. The number of carboxylic acids is 1. The molecule has 0 aliphatic heterocycles. The van der Waals surface area contributed by atoms with Crippen LogP contribution in [0.1, 0.15) is 15.9 Å². The van der Waals surface area contributed by atoms with Gasteiger partial charge in [0.15, 0.2) is 0 Å². The van der Waals surface area contributed by atoms with Crippen molar-refractivity contribution in [2.24, 2.45) is 0 Å². The zero-order valence-electron chi connectivity index (χ0n) is 14.8. The first kappa shape index (κ1) is 19.5. The number of aliphatic carboxylic acids is 1. The number of benzene rings is 3. The van der Waals surface area contributed by atoms with Crippen LogP contribution in [0, 0.1) is 0 Å². The maximum absolute atomic E-state index is 12.7. The van der Waals surface area contributed by atoms with Crippen molar-refractivity contribution in [1.29, 1.82) is 0 Å². The fourth-order valence-corrected chi connectivity index (χ4v) is 2.87. The molecule has 2 N–H and O–H groups in total. The summed E-state index contributed by atoms with van der Waals surface area (Å²) in [6.45, 7) is 0. The molecule has 3 aromatic rings. The van der Waals surface area contributed by atoms with Crippen molar-refractivity contribution < 1.29 is 19.4 Å². The van der Waals surface area contributed by atoms with Crippen molar-refractivity contribution in [2.45, 2.75) is 12.5 Å². The third kappa shape index (κ3) is 5.11. The number of carbonyl (C=O) groups is 2. The summed E-state index contributed by atoms with van der Waals surface area (Å²) in [4.78, 5) is 24.4. The Labute approximate surface area is 167 Å². The molecule has 5 nitrogen and oxygen atoms in total. The van der Waals surface area contributed by atoms with Gasteiger partial charge >= 0.3 is 5.97 Å². The predicted octanol–water partition coefficient (Wildman–Crippen LogP) is 4.56. The molecule has 0 radical (unpaired) electrons. The van der Waals surface area contributed by atoms with E-state index in [1.165, 1.54) is 0 Å². The predicted molar refractivity (Wildman–Crippen MR) is 107 cm³/mol. The molecule has 0 fully saturated rings. The van der Waals surface area contributed by atoms with Gasteiger partial charge in [-0.1, -0.05) is 60.1 Å². The van der Waals surface area contributed by atoms with Crippen LogP contribution in [0.3, 0.4) is 0 Å². The Balaban J connectivity index is 1.78. The minimum absolute atomic E-state index is 0.180. The van der Waals surface area contributed by atoms with Crippen molar-refractivity contribution in [3.63, 3.8) is 0 Å². The number of ether oxygens (including phenoxy) is 1.